The number of halogens is 4. The molecule has 4 nitrogen and oxygen atoms in total. The van der Waals surface area contributed by atoms with Crippen molar-refractivity contribution in [2.75, 3.05) is 6.61 Å². The lowest BCUT2D eigenvalue weighted by Crippen LogP contribution is -2.19. The standard InChI is InChI=1S/C12H12BrF3O4/c1-2-19-11(18)6-9(17)8-5-7(13)3-4-10(8)20-12(14,15)16/h3-5,9,17H,2,6H2,1H3. The maximum Gasteiger partial charge on any atom is 0.573 e. The Morgan fingerprint density at radius 1 is 1.45 bits per heavy atom. The second kappa shape index (κ2) is 6.94. The van der Waals surface area contributed by atoms with Gasteiger partial charge < -0.3 is 14.6 Å². The molecule has 1 aromatic rings. The molecule has 0 aliphatic carbocycles. The van der Waals surface area contributed by atoms with Crippen LogP contribution in [-0.2, 0) is 9.53 Å². The highest BCUT2D eigenvalue weighted by molar-refractivity contribution is 9.10. The van der Waals surface area contributed by atoms with Gasteiger partial charge in [-0.2, -0.15) is 0 Å². The van der Waals surface area contributed by atoms with Crippen molar-refractivity contribution >= 4 is 21.9 Å². The third kappa shape index (κ3) is 5.38. The number of ether oxygens (including phenoxy) is 2. The molecular formula is C12H12BrF3O4. The summed E-state index contributed by atoms with van der Waals surface area (Å²) in [4.78, 5) is 11.3. The summed E-state index contributed by atoms with van der Waals surface area (Å²) >= 11 is 3.08. The monoisotopic (exact) mass is 356 g/mol. The zero-order valence-electron chi connectivity index (χ0n) is 10.4. The van der Waals surface area contributed by atoms with Crippen molar-refractivity contribution in [3.05, 3.63) is 28.2 Å². The predicted molar refractivity (Wildman–Crippen MR) is 67.0 cm³/mol. The Hall–Kier alpha value is -1.28. The van der Waals surface area contributed by atoms with Crippen LogP contribution in [0.15, 0.2) is 22.7 Å². The number of alkyl halides is 3. The first kappa shape index (κ1) is 16.8. The van der Waals surface area contributed by atoms with Crippen LogP contribution in [0.1, 0.15) is 25.0 Å². The summed E-state index contributed by atoms with van der Waals surface area (Å²) < 4.78 is 45.7. The van der Waals surface area contributed by atoms with Crippen LogP contribution in [0.4, 0.5) is 13.2 Å². The summed E-state index contributed by atoms with van der Waals surface area (Å²) in [5, 5.41) is 9.85. The molecule has 0 spiro atoms. The SMILES string of the molecule is CCOC(=O)CC(O)c1cc(Br)ccc1OC(F)(F)F. The molecule has 0 radical (unpaired) electrons. The minimum atomic E-state index is -4.88. The van der Waals surface area contributed by atoms with E-state index >= 15 is 0 Å². The Balaban J connectivity index is 2.96. The van der Waals surface area contributed by atoms with Gasteiger partial charge in [0.1, 0.15) is 5.75 Å². The van der Waals surface area contributed by atoms with Gasteiger partial charge in [0.05, 0.1) is 19.1 Å². The highest BCUT2D eigenvalue weighted by Crippen LogP contribution is 2.34. The molecule has 0 bridgehead atoms. The average molecular weight is 357 g/mol. The minimum Gasteiger partial charge on any atom is -0.466 e. The van der Waals surface area contributed by atoms with Gasteiger partial charge in [-0.05, 0) is 25.1 Å². The number of aliphatic hydroxyl groups excluding tert-OH is 1. The number of hydrogen-bond donors (Lipinski definition) is 1. The zero-order valence-corrected chi connectivity index (χ0v) is 12.0. The predicted octanol–water partition coefficient (Wildman–Crippen LogP) is 3.33. The van der Waals surface area contributed by atoms with Gasteiger partial charge >= 0.3 is 12.3 Å². The van der Waals surface area contributed by atoms with E-state index < -0.39 is 30.6 Å². The van der Waals surface area contributed by atoms with Crippen LogP contribution in [0, 0.1) is 0 Å². The van der Waals surface area contributed by atoms with Gasteiger partial charge in [-0.25, -0.2) is 0 Å². The van der Waals surface area contributed by atoms with Crippen LogP contribution >= 0.6 is 15.9 Å². The van der Waals surface area contributed by atoms with Gasteiger partial charge in [0.25, 0.3) is 0 Å². The highest BCUT2D eigenvalue weighted by atomic mass is 79.9. The molecule has 0 saturated carbocycles. The maximum atomic E-state index is 12.3. The molecule has 0 saturated heterocycles. The number of rotatable bonds is 5. The van der Waals surface area contributed by atoms with E-state index in [9.17, 15) is 23.1 Å². The summed E-state index contributed by atoms with van der Waals surface area (Å²) in [6.07, 6.45) is -6.80. The summed E-state index contributed by atoms with van der Waals surface area (Å²) in [7, 11) is 0. The Labute approximate surface area is 121 Å². The van der Waals surface area contributed by atoms with E-state index in [0.29, 0.717) is 4.47 Å². The molecule has 1 unspecified atom stereocenters. The van der Waals surface area contributed by atoms with Crippen LogP contribution in [0.5, 0.6) is 5.75 Å². The van der Waals surface area contributed by atoms with Gasteiger partial charge in [-0.15, -0.1) is 13.2 Å². The quantitative estimate of drug-likeness (QED) is 0.822. The van der Waals surface area contributed by atoms with E-state index in [2.05, 4.69) is 25.4 Å². The first-order chi connectivity index (χ1) is 9.23. The Morgan fingerprint density at radius 2 is 2.10 bits per heavy atom. The third-order valence-corrected chi connectivity index (χ3v) is 2.72. The topological polar surface area (TPSA) is 55.8 Å². The molecule has 1 N–H and O–H groups in total. The van der Waals surface area contributed by atoms with Crippen LogP contribution in [0.3, 0.4) is 0 Å². The second-order valence-corrected chi connectivity index (χ2v) is 4.67. The van der Waals surface area contributed by atoms with E-state index in [-0.39, 0.29) is 12.2 Å². The van der Waals surface area contributed by atoms with Crippen LogP contribution in [-0.4, -0.2) is 24.0 Å². The molecule has 1 aromatic carbocycles. The number of carbonyl (C=O) groups is 1. The third-order valence-electron chi connectivity index (χ3n) is 2.22. The van der Waals surface area contributed by atoms with E-state index in [4.69, 9.17) is 0 Å². The Bertz CT molecular complexity index is 476. The Morgan fingerprint density at radius 3 is 2.65 bits per heavy atom. The first-order valence-corrected chi connectivity index (χ1v) is 6.41. The van der Waals surface area contributed by atoms with Crippen molar-refractivity contribution < 1.29 is 32.5 Å². The molecule has 112 valence electrons. The minimum absolute atomic E-state index is 0.121. The van der Waals surface area contributed by atoms with Gasteiger partial charge in [-0.3, -0.25) is 4.79 Å². The van der Waals surface area contributed by atoms with E-state index in [0.717, 1.165) is 6.07 Å². The average Bonchev–Trinajstić information content (AvgIpc) is 2.29. The smallest absolute Gasteiger partial charge is 0.466 e. The first-order valence-electron chi connectivity index (χ1n) is 5.61. The summed E-state index contributed by atoms with van der Waals surface area (Å²) in [6, 6.07) is 3.65. The molecule has 1 atom stereocenters. The molecule has 20 heavy (non-hydrogen) atoms. The van der Waals surface area contributed by atoms with Gasteiger partial charge in [0.2, 0.25) is 0 Å². The van der Waals surface area contributed by atoms with E-state index in [1.807, 2.05) is 0 Å². The Kier molecular flexibility index (Phi) is 5.82. The molecule has 0 amide bonds. The van der Waals surface area contributed by atoms with Crippen LogP contribution < -0.4 is 4.74 Å². The van der Waals surface area contributed by atoms with Crippen LogP contribution in [0.25, 0.3) is 0 Å². The van der Waals surface area contributed by atoms with E-state index in [1.165, 1.54) is 12.1 Å². The number of benzene rings is 1. The molecule has 0 aliphatic rings. The fourth-order valence-corrected chi connectivity index (χ4v) is 1.86. The lowest BCUT2D eigenvalue weighted by Gasteiger charge is -2.17. The number of carbonyl (C=O) groups excluding carboxylic acids is 1. The molecule has 0 heterocycles. The fourth-order valence-electron chi connectivity index (χ4n) is 1.49. The fraction of sp³-hybridized carbons (Fsp3) is 0.417. The largest absolute Gasteiger partial charge is 0.573 e. The van der Waals surface area contributed by atoms with E-state index in [1.54, 1.807) is 6.92 Å². The highest BCUT2D eigenvalue weighted by Gasteiger charge is 2.33. The normalized spacial score (nSPS) is 12.9. The van der Waals surface area contributed by atoms with Gasteiger partial charge in [0, 0.05) is 10.0 Å². The molecule has 0 fully saturated rings. The van der Waals surface area contributed by atoms with Gasteiger partial charge in [-0.1, -0.05) is 15.9 Å². The summed E-state index contributed by atoms with van der Waals surface area (Å²) in [6.45, 7) is 1.71. The molecule has 8 heteroatoms. The summed E-state index contributed by atoms with van der Waals surface area (Å²) in [5.74, 6) is -1.27. The number of esters is 1. The van der Waals surface area contributed by atoms with Crippen molar-refractivity contribution in [1.29, 1.82) is 0 Å². The summed E-state index contributed by atoms with van der Waals surface area (Å²) in [5.41, 5.74) is -0.148. The molecule has 0 aliphatic heterocycles. The van der Waals surface area contributed by atoms with Gasteiger partial charge in [0.15, 0.2) is 0 Å². The molecule has 0 aromatic heterocycles. The van der Waals surface area contributed by atoms with Crippen molar-refractivity contribution in [1.82, 2.24) is 0 Å². The van der Waals surface area contributed by atoms with Crippen molar-refractivity contribution in [3.63, 3.8) is 0 Å². The number of aliphatic hydroxyl groups is 1. The van der Waals surface area contributed by atoms with Crippen molar-refractivity contribution in [2.45, 2.75) is 25.8 Å². The van der Waals surface area contributed by atoms with Crippen molar-refractivity contribution in [3.8, 4) is 5.75 Å². The number of hydrogen-bond acceptors (Lipinski definition) is 4. The lowest BCUT2D eigenvalue weighted by atomic mass is 10.1. The maximum absolute atomic E-state index is 12.3. The zero-order chi connectivity index (χ0) is 15.3. The second-order valence-electron chi connectivity index (χ2n) is 3.75. The lowest BCUT2D eigenvalue weighted by molar-refractivity contribution is -0.275. The van der Waals surface area contributed by atoms with Crippen molar-refractivity contribution in [2.24, 2.45) is 0 Å². The molecule has 1 rings (SSSR count). The molecular weight excluding hydrogens is 345 g/mol. The van der Waals surface area contributed by atoms with Crippen LogP contribution in [0.2, 0.25) is 0 Å².